The minimum Gasteiger partial charge on any atom is -0.459 e. The second-order valence-corrected chi connectivity index (χ2v) is 7.81. The lowest BCUT2D eigenvalue weighted by atomic mass is 9.85. The lowest BCUT2D eigenvalue weighted by Crippen LogP contribution is -2.52. The van der Waals surface area contributed by atoms with Gasteiger partial charge in [0.25, 0.3) is 5.91 Å². The van der Waals surface area contributed by atoms with Gasteiger partial charge in [0, 0.05) is 48.7 Å². The molecule has 0 bridgehead atoms. The first kappa shape index (κ1) is 18.0. The van der Waals surface area contributed by atoms with E-state index in [2.05, 4.69) is 4.98 Å². The smallest absolute Gasteiger partial charge is 0.289 e. The Kier molecular flexibility index (Phi) is 4.38. The Morgan fingerprint density at radius 3 is 2.66 bits per heavy atom. The number of aromatic nitrogens is 1. The van der Waals surface area contributed by atoms with Gasteiger partial charge in [-0.2, -0.15) is 0 Å². The number of carbonyl (C=O) groups excluding carboxylic acids is 2. The molecule has 2 aliphatic rings. The van der Waals surface area contributed by atoms with Crippen molar-refractivity contribution in [3.8, 4) is 0 Å². The monoisotopic (exact) mass is 395 g/mol. The van der Waals surface area contributed by atoms with Crippen LogP contribution in [0.1, 0.15) is 28.2 Å². The summed E-state index contributed by atoms with van der Waals surface area (Å²) in [5, 5.41) is 0.881. The molecule has 2 aromatic heterocycles. The third-order valence-electron chi connectivity index (χ3n) is 6.11. The molecule has 1 aromatic carbocycles. The molecular weight excluding hydrogens is 373 g/mol. The molecule has 0 spiro atoms. The van der Waals surface area contributed by atoms with Gasteiger partial charge in [-0.1, -0.05) is 0 Å². The van der Waals surface area contributed by atoms with Crippen LogP contribution in [0.2, 0.25) is 0 Å². The molecule has 3 aromatic rings. The van der Waals surface area contributed by atoms with Gasteiger partial charge >= 0.3 is 0 Å². The van der Waals surface area contributed by atoms with Gasteiger partial charge in [-0.15, -0.1) is 0 Å². The van der Waals surface area contributed by atoms with Crippen LogP contribution in [0.25, 0.3) is 10.9 Å². The Bertz CT molecular complexity index is 1060. The van der Waals surface area contributed by atoms with Crippen LogP contribution in [-0.2, 0) is 17.6 Å². The minimum atomic E-state index is -0.259. The van der Waals surface area contributed by atoms with Crippen LogP contribution in [0.3, 0.4) is 0 Å². The molecule has 7 heteroatoms. The third-order valence-corrected chi connectivity index (χ3v) is 6.11. The molecule has 1 aliphatic heterocycles. The van der Waals surface area contributed by atoms with Gasteiger partial charge in [-0.25, -0.2) is 4.39 Å². The highest BCUT2D eigenvalue weighted by atomic mass is 19.1. The Labute approximate surface area is 167 Å². The predicted octanol–water partition coefficient (Wildman–Crippen LogP) is 2.99. The molecule has 1 unspecified atom stereocenters. The fourth-order valence-electron chi connectivity index (χ4n) is 4.54. The Morgan fingerprint density at radius 1 is 1.10 bits per heavy atom. The van der Waals surface area contributed by atoms with Crippen LogP contribution in [0.5, 0.6) is 0 Å². The van der Waals surface area contributed by atoms with Crippen molar-refractivity contribution in [3.05, 3.63) is 59.4 Å². The quantitative estimate of drug-likeness (QED) is 0.725. The van der Waals surface area contributed by atoms with Gasteiger partial charge < -0.3 is 19.2 Å². The van der Waals surface area contributed by atoms with E-state index in [-0.39, 0.29) is 23.5 Å². The van der Waals surface area contributed by atoms with Crippen molar-refractivity contribution in [2.45, 2.75) is 19.3 Å². The molecule has 2 amide bonds. The molecule has 0 radical (unpaired) electrons. The number of aromatic amines is 1. The molecule has 1 saturated heterocycles. The lowest BCUT2D eigenvalue weighted by molar-refractivity contribution is -0.137. The molecule has 3 heterocycles. The largest absolute Gasteiger partial charge is 0.459 e. The average Bonchev–Trinajstić information content (AvgIpc) is 3.40. The summed E-state index contributed by atoms with van der Waals surface area (Å²) >= 11 is 0. The van der Waals surface area contributed by atoms with Gasteiger partial charge in [0.2, 0.25) is 5.91 Å². The van der Waals surface area contributed by atoms with Gasteiger partial charge in [-0.05, 0) is 55.2 Å². The first-order valence-electron chi connectivity index (χ1n) is 10.0. The molecule has 5 rings (SSSR count). The molecule has 1 aliphatic carbocycles. The number of amides is 2. The summed E-state index contributed by atoms with van der Waals surface area (Å²) in [6.45, 7) is 2.05. The van der Waals surface area contributed by atoms with Crippen molar-refractivity contribution in [3.63, 3.8) is 0 Å². The van der Waals surface area contributed by atoms with E-state index in [1.54, 1.807) is 29.2 Å². The second-order valence-electron chi connectivity index (χ2n) is 7.81. The van der Waals surface area contributed by atoms with Crippen LogP contribution in [-0.4, -0.2) is 52.8 Å². The van der Waals surface area contributed by atoms with E-state index in [0.717, 1.165) is 35.0 Å². The second kappa shape index (κ2) is 7.06. The molecule has 1 fully saturated rings. The number of aryl methyl sites for hydroxylation is 1. The lowest BCUT2D eigenvalue weighted by Gasteiger charge is -2.36. The van der Waals surface area contributed by atoms with Gasteiger partial charge in [0.05, 0.1) is 6.26 Å². The standard InChI is InChI=1S/C22H22FN3O3/c23-15-4-6-19-17(13-15)16-12-14(3-5-18(16)24-19)21(27)25-7-9-26(10-8-25)22(28)20-2-1-11-29-20/h1-2,4,6,11,13-14,24H,3,5,7-10,12H2. The number of nitrogens with one attached hydrogen (secondary N) is 1. The normalized spacial score (nSPS) is 19.4. The van der Waals surface area contributed by atoms with Gasteiger partial charge in [0.15, 0.2) is 5.76 Å². The maximum atomic E-state index is 13.7. The first-order chi connectivity index (χ1) is 14.1. The molecule has 1 atom stereocenters. The average molecular weight is 395 g/mol. The number of furan rings is 1. The van der Waals surface area contributed by atoms with Crippen LogP contribution in [0.15, 0.2) is 41.0 Å². The first-order valence-corrected chi connectivity index (χ1v) is 10.0. The number of nitrogens with zero attached hydrogens (tertiary/aromatic N) is 2. The van der Waals surface area contributed by atoms with Gasteiger partial charge in [0.1, 0.15) is 5.82 Å². The zero-order chi connectivity index (χ0) is 20.0. The molecule has 1 N–H and O–H groups in total. The van der Waals surface area contributed by atoms with Crippen LogP contribution in [0, 0.1) is 11.7 Å². The number of carbonyl (C=O) groups is 2. The van der Waals surface area contributed by atoms with Crippen LogP contribution in [0.4, 0.5) is 4.39 Å². The highest BCUT2D eigenvalue weighted by molar-refractivity contribution is 5.92. The molecule has 150 valence electrons. The number of hydrogen-bond acceptors (Lipinski definition) is 3. The van der Waals surface area contributed by atoms with Crippen LogP contribution >= 0.6 is 0 Å². The summed E-state index contributed by atoms with van der Waals surface area (Å²) in [6, 6.07) is 8.12. The van der Waals surface area contributed by atoms with E-state index >= 15 is 0 Å². The number of halogens is 1. The van der Waals surface area contributed by atoms with E-state index in [1.807, 2.05) is 4.90 Å². The van der Waals surface area contributed by atoms with E-state index in [4.69, 9.17) is 4.42 Å². The molecular formula is C22H22FN3O3. The Hall–Kier alpha value is -3.09. The fourth-order valence-corrected chi connectivity index (χ4v) is 4.54. The van der Waals surface area contributed by atoms with Crippen molar-refractivity contribution in [1.82, 2.24) is 14.8 Å². The summed E-state index contributed by atoms with van der Waals surface area (Å²) in [4.78, 5) is 32.5. The Balaban J connectivity index is 1.26. The number of piperazine rings is 1. The highest BCUT2D eigenvalue weighted by Gasteiger charge is 2.33. The maximum absolute atomic E-state index is 13.7. The molecule has 0 saturated carbocycles. The van der Waals surface area contributed by atoms with Crippen molar-refractivity contribution < 1.29 is 18.4 Å². The molecule has 6 nitrogen and oxygen atoms in total. The van der Waals surface area contributed by atoms with E-state index in [0.29, 0.717) is 38.4 Å². The zero-order valence-corrected chi connectivity index (χ0v) is 16.0. The summed E-state index contributed by atoms with van der Waals surface area (Å²) in [5.74, 6) is -0.0323. The number of fused-ring (bicyclic) bond motifs is 3. The topological polar surface area (TPSA) is 69.6 Å². The highest BCUT2D eigenvalue weighted by Crippen LogP contribution is 2.33. The maximum Gasteiger partial charge on any atom is 0.289 e. The SMILES string of the molecule is O=C(c1ccco1)N1CCN(C(=O)C2CCc3[nH]c4ccc(F)cc4c3C2)CC1. The summed E-state index contributed by atoms with van der Waals surface area (Å²) in [7, 11) is 0. The van der Waals surface area contributed by atoms with Crippen LogP contribution < -0.4 is 0 Å². The van der Waals surface area contributed by atoms with Crippen molar-refractivity contribution >= 4 is 22.7 Å². The number of hydrogen-bond donors (Lipinski definition) is 1. The van der Waals surface area contributed by atoms with Crippen molar-refractivity contribution in [1.29, 1.82) is 0 Å². The van der Waals surface area contributed by atoms with Crippen molar-refractivity contribution in [2.24, 2.45) is 5.92 Å². The summed E-state index contributed by atoms with van der Waals surface area (Å²) in [6.07, 6.45) is 3.69. The zero-order valence-electron chi connectivity index (χ0n) is 16.0. The summed E-state index contributed by atoms with van der Waals surface area (Å²) in [5.41, 5.74) is 3.11. The van der Waals surface area contributed by atoms with Gasteiger partial charge in [-0.3, -0.25) is 9.59 Å². The number of benzene rings is 1. The number of H-pyrrole nitrogens is 1. The van der Waals surface area contributed by atoms with Crippen molar-refractivity contribution in [2.75, 3.05) is 26.2 Å². The minimum absolute atomic E-state index is 0.0999. The van der Waals surface area contributed by atoms with E-state index in [1.165, 1.54) is 12.3 Å². The Morgan fingerprint density at radius 2 is 1.90 bits per heavy atom. The van der Waals surface area contributed by atoms with E-state index in [9.17, 15) is 14.0 Å². The van der Waals surface area contributed by atoms with E-state index < -0.39 is 0 Å². The summed E-state index contributed by atoms with van der Waals surface area (Å²) < 4.78 is 18.9. The predicted molar refractivity (Wildman–Crippen MR) is 105 cm³/mol. The fraction of sp³-hybridized carbons (Fsp3) is 0.364. The molecule has 29 heavy (non-hydrogen) atoms. The third kappa shape index (κ3) is 3.20. The number of rotatable bonds is 2.